The van der Waals surface area contributed by atoms with Crippen LogP contribution in [0, 0.1) is 0 Å². The molecule has 0 aliphatic heterocycles. The van der Waals surface area contributed by atoms with Crippen molar-refractivity contribution in [1.29, 1.82) is 0 Å². The molecular formula is C16H15N3O3S. The van der Waals surface area contributed by atoms with Crippen LogP contribution in [0.1, 0.15) is 0 Å². The van der Waals surface area contributed by atoms with Crippen molar-refractivity contribution in [3.05, 3.63) is 60.8 Å². The number of rotatable bonds is 4. The van der Waals surface area contributed by atoms with Gasteiger partial charge in [0.05, 0.1) is 18.2 Å². The molecule has 0 atom stereocenters. The standard InChI is InChI=1S/C16H15N3O3S/c1-22-13-7-9-14(10-8-13)23(20,21)19-11-15(16(17)18-19)12-5-3-2-4-6-12/h2-11H,1H3,(H2,17,18). The second-order valence-corrected chi connectivity index (χ2v) is 6.64. The van der Waals surface area contributed by atoms with E-state index in [1.807, 2.05) is 30.3 Å². The normalized spacial score (nSPS) is 11.3. The predicted octanol–water partition coefficient (Wildman–Crippen LogP) is 2.38. The fourth-order valence-corrected chi connectivity index (χ4v) is 3.32. The van der Waals surface area contributed by atoms with Gasteiger partial charge in [-0.25, -0.2) is 0 Å². The van der Waals surface area contributed by atoms with E-state index < -0.39 is 10.0 Å². The van der Waals surface area contributed by atoms with Crippen molar-refractivity contribution in [2.24, 2.45) is 0 Å². The molecule has 2 aromatic carbocycles. The number of nitrogens with zero attached hydrogens (tertiary/aromatic N) is 2. The molecule has 1 aromatic heterocycles. The smallest absolute Gasteiger partial charge is 0.283 e. The van der Waals surface area contributed by atoms with Crippen molar-refractivity contribution in [2.75, 3.05) is 12.8 Å². The number of nitrogens with two attached hydrogens (primary N) is 1. The van der Waals surface area contributed by atoms with Gasteiger partial charge in [-0.15, -0.1) is 5.10 Å². The van der Waals surface area contributed by atoms with Gasteiger partial charge in [0.15, 0.2) is 5.82 Å². The highest BCUT2D eigenvalue weighted by atomic mass is 32.2. The van der Waals surface area contributed by atoms with Crippen LogP contribution >= 0.6 is 0 Å². The second-order valence-electron chi connectivity index (χ2n) is 4.85. The number of hydrogen-bond donors (Lipinski definition) is 1. The number of aromatic nitrogens is 2. The zero-order valence-corrected chi connectivity index (χ0v) is 13.2. The minimum Gasteiger partial charge on any atom is -0.497 e. The van der Waals surface area contributed by atoms with Crippen molar-refractivity contribution in [1.82, 2.24) is 9.19 Å². The predicted molar refractivity (Wildman–Crippen MR) is 87.7 cm³/mol. The molecule has 3 rings (SSSR count). The van der Waals surface area contributed by atoms with E-state index in [4.69, 9.17) is 10.5 Å². The molecule has 0 spiro atoms. The Morgan fingerprint density at radius 2 is 1.70 bits per heavy atom. The molecule has 23 heavy (non-hydrogen) atoms. The molecule has 7 heteroatoms. The van der Waals surface area contributed by atoms with Gasteiger partial charge in [-0.1, -0.05) is 30.3 Å². The van der Waals surface area contributed by atoms with Gasteiger partial charge in [-0.3, -0.25) is 0 Å². The topological polar surface area (TPSA) is 87.2 Å². The summed E-state index contributed by atoms with van der Waals surface area (Å²) < 4.78 is 31.2. The Morgan fingerprint density at radius 1 is 1.04 bits per heavy atom. The third-order valence-electron chi connectivity index (χ3n) is 3.41. The van der Waals surface area contributed by atoms with Crippen LogP contribution in [0.4, 0.5) is 5.82 Å². The van der Waals surface area contributed by atoms with E-state index in [0.29, 0.717) is 11.3 Å². The highest BCUT2D eigenvalue weighted by molar-refractivity contribution is 7.89. The first-order valence-electron chi connectivity index (χ1n) is 6.82. The van der Waals surface area contributed by atoms with E-state index in [1.165, 1.54) is 25.4 Å². The van der Waals surface area contributed by atoms with E-state index >= 15 is 0 Å². The van der Waals surface area contributed by atoms with Crippen molar-refractivity contribution >= 4 is 15.8 Å². The number of methoxy groups -OCH3 is 1. The first-order valence-corrected chi connectivity index (χ1v) is 8.26. The fraction of sp³-hybridized carbons (Fsp3) is 0.0625. The molecule has 6 nitrogen and oxygen atoms in total. The third-order valence-corrected chi connectivity index (χ3v) is 4.96. The van der Waals surface area contributed by atoms with Crippen LogP contribution < -0.4 is 10.5 Å². The first kappa shape index (κ1) is 15.1. The zero-order chi connectivity index (χ0) is 16.4. The first-order chi connectivity index (χ1) is 11.0. The van der Waals surface area contributed by atoms with Crippen molar-refractivity contribution in [3.63, 3.8) is 0 Å². The largest absolute Gasteiger partial charge is 0.497 e. The van der Waals surface area contributed by atoms with Crippen LogP contribution in [-0.2, 0) is 10.0 Å². The quantitative estimate of drug-likeness (QED) is 0.794. The summed E-state index contributed by atoms with van der Waals surface area (Å²) in [5.74, 6) is 0.738. The van der Waals surface area contributed by atoms with Crippen LogP contribution in [0.15, 0.2) is 65.7 Å². The summed E-state index contributed by atoms with van der Waals surface area (Å²) in [6, 6.07) is 15.4. The average Bonchev–Trinajstić information content (AvgIpc) is 2.98. The molecule has 3 aromatic rings. The molecule has 1 heterocycles. The lowest BCUT2D eigenvalue weighted by Crippen LogP contribution is -2.13. The SMILES string of the molecule is COc1ccc(S(=O)(=O)n2cc(-c3ccccc3)c(N)n2)cc1. The molecule has 0 aliphatic carbocycles. The Labute approximate surface area is 134 Å². The minimum absolute atomic E-state index is 0.111. The number of ether oxygens (including phenoxy) is 1. The summed E-state index contributed by atoms with van der Waals surface area (Å²) in [6.07, 6.45) is 1.42. The number of nitrogen functional groups attached to an aromatic ring is 1. The van der Waals surface area contributed by atoms with Gasteiger partial charge >= 0.3 is 0 Å². The third kappa shape index (κ3) is 2.78. The summed E-state index contributed by atoms with van der Waals surface area (Å²) in [4.78, 5) is 0.111. The molecule has 0 bridgehead atoms. The molecule has 0 unspecified atom stereocenters. The number of anilines is 1. The van der Waals surface area contributed by atoms with Crippen LogP contribution in [0.25, 0.3) is 11.1 Å². The highest BCUT2D eigenvalue weighted by Crippen LogP contribution is 2.26. The van der Waals surface area contributed by atoms with Gasteiger partial charge in [0.25, 0.3) is 10.0 Å². The Hall–Kier alpha value is -2.80. The van der Waals surface area contributed by atoms with E-state index in [2.05, 4.69) is 5.10 Å². The van der Waals surface area contributed by atoms with Crippen molar-refractivity contribution < 1.29 is 13.2 Å². The van der Waals surface area contributed by atoms with E-state index in [9.17, 15) is 8.42 Å². The maximum absolute atomic E-state index is 12.6. The monoisotopic (exact) mass is 329 g/mol. The van der Waals surface area contributed by atoms with Crippen LogP contribution in [-0.4, -0.2) is 24.7 Å². The minimum atomic E-state index is -3.80. The Balaban J connectivity index is 2.04. The molecule has 0 saturated heterocycles. The highest BCUT2D eigenvalue weighted by Gasteiger charge is 2.20. The molecule has 0 aliphatic rings. The molecule has 2 N–H and O–H groups in total. The van der Waals surface area contributed by atoms with E-state index in [-0.39, 0.29) is 10.7 Å². The molecule has 0 saturated carbocycles. The zero-order valence-electron chi connectivity index (χ0n) is 12.4. The van der Waals surface area contributed by atoms with Crippen molar-refractivity contribution in [3.8, 4) is 16.9 Å². The van der Waals surface area contributed by atoms with Gasteiger partial charge in [0.1, 0.15) is 5.75 Å². The van der Waals surface area contributed by atoms with Gasteiger partial charge in [0, 0.05) is 5.56 Å². The fourth-order valence-electron chi connectivity index (χ4n) is 2.18. The summed E-state index contributed by atoms with van der Waals surface area (Å²) in [5.41, 5.74) is 7.26. The molecule has 118 valence electrons. The van der Waals surface area contributed by atoms with Crippen LogP contribution in [0.5, 0.6) is 5.75 Å². The summed E-state index contributed by atoms with van der Waals surface area (Å²) in [7, 11) is -2.29. The molecule has 0 amide bonds. The Morgan fingerprint density at radius 3 is 2.30 bits per heavy atom. The summed E-state index contributed by atoms with van der Waals surface area (Å²) >= 11 is 0. The van der Waals surface area contributed by atoms with E-state index in [1.54, 1.807) is 12.1 Å². The summed E-state index contributed by atoms with van der Waals surface area (Å²) in [6.45, 7) is 0. The van der Waals surface area contributed by atoms with Gasteiger partial charge in [0.2, 0.25) is 0 Å². The molecule has 0 radical (unpaired) electrons. The molecular weight excluding hydrogens is 314 g/mol. The van der Waals surface area contributed by atoms with Crippen LogP contribution in [0.2, 0.25) is 0 Å². The lowest BCUT2D eigenvalue weighted by atomic mass is 10.1. The lowest BCUT2D eigenvalue weighted by molar-refractivity contribution is 0.414. The average molecular weight is 329 g/mol. The lowest BCUT2D eigenvalue weighted by Gasteiger charge is -2.05. The maximum Gasteiger partial charge on any atom is 0.283 e. The molecule has 0 fully saturated rings. The van der Waals surface area contributed by atoms with Gasteiger partial charge in [-0.2, -0.15) is 12.5 Å². The van der Waals surface area contributed by atoms with E-state index in [0.717, 1.165) is 9.65 Å². The second kappa shape index (κ2) is 5.77. The van der Waals surface area contributed by atoms with Gasteiger partial charge in [-0.05, 0) is 29.8 Å². The Kier molecular flexibility index (Phi) is 3.79. The maximum atomic E-state index is 12.6. The van der Waals surface area contributed by atoms with Gasteiger partial charge < -0.3 is 10.5 Å². The number of hydrogen-bond acceptors (Lipinski definition) is 5. The van der Waals surface area contributed by atoms with Crippen LogP contribution in [0.3, 0.4) is 0 Å². The Bertz CT molecular complexity index is 917. The summed E-state index contributed by atoms with van der Waals surface area (Å²) in [5, 5.41) is 3.95. The number of benzene rings is 2. The van der Waals surface area contributed by atoms with Crippen molar-refractivity contribution in [2.45, 2.75) is 4.90 Å².